The summed E-state index contributed by atoms with van der Waals surface area (Å²) in [4.78, 5) is 16.9. The molecule has 5 heteroatoms. The van der Waals surface area contributed by atoms with Gasteiger partial charge in [0.25, 0.3) is 0 Å². The predicted molar refractivity (Wildman–Crippen MR) is 69.9 cm³/mol. The first-order valence-corrected chi connectivity index (χ1v) is 6.22. The van der Waals surface area contributed by atoms with Gasteiger partial charge in [-0.1, -0.05) is 0 Å². The molecule has 0 radical (unpaired) electrons. The third kappa shape index (κ3) is 2.98. The molecule has 2 rings (SSSR count). The molecule has 0 bridgehead atoms. The van der Waals surface area contributed by atoms with Gasteiger partial charge in [0.2, 0.25) is 0 Å². The van der Waals surface area contributed by atoms with Crippen LogP contribution >= 0.6 is 0 Å². The number of pyridine rings is 1. The van der Waals surface area contributed by atoms with E-state index in [0.717, 1.165) is 25.1 Å². The Morgan fingerprint density at radius 2 is 2.33 bits per heavy atom. The summed E-state index contributed by atoms with van der Waals surface area (Å²) in [5.41, 5.74) is 0.971. The number of piperidine rings is 1. The Balaban J connectivity index is 1.95. The summed E-state index contributed by atoms with van der Waals surface area (Å²) in [6.45, 7) is 3.30. The number of nitrogens with one attached hydrogen (secondary N) is 1. The van der Waals surface area contributed by atoms with Crippen LogP contribution in [0.2, 0.25) is 0 Å². The SMILES string of the molecule is CC1CC(Nc2ccc(C(=O)O)nc2)CCN1C. The number of likely N-dealkylation sites (tertiary alicyclic amines) is 1. The second kappa shape index (κ2) is 5.35. The van der Waals surface area contributed by atoms with E-state index >= 15 is 0 Å². The molecule has 2 atom stereocenters. The van der Waals surface area contributed by atoms with Gasteiger partial charge >= 0.3 is 5.97 Å². The molecule has 0 saturated carbocycles. The summed E-state index contributed by atoms with van der Waals surface area (Å²) in [5.74, 6) is -0.991. The maximum absolute atomic E-state index is 10.7. The highest BCUT2D eigenvalue weighted by Crippen LogP contribution is 2.19. The van der Waals surface area contributed by atoms with E-state index in [0.29, 0.717) is 12.1 Å². The standard InChI is InChI=1S/C13H19N3O2/c1-9-7-10(5-6-16(9)2)15-11-3-4-12(13(17)18)14-8-11/h3-4,8-10,15H,5-7H2,1-2H3,(H,17,18). The van der Waals surface area contributed by atoms with Gasteiger partial charge < -0.3 is 15.3 Å². The lowest BCUT2D eigenvalue weighted by Gasteiger charge is -2.35. The number of carboxylic acid groups (broad SMARTS) is 1. The lowest BCUT2D eigenvalue weighted by Crippen LogP contribution is -2.42. The quantitative estimate of drug-likeness (QED) is 0.853. The first-order valence-electron chi connectivity index (χ1n) is 6.22. The third-order valence-corrected chi connectivity index (χ3v) is 3.56. The molecule has 1 aromatic heterocycles. The van der Waals surface area contributed by atoms with E-state index in [2.05, 4.69) is 29.2 Å². The molecule has 2 N–H and O–H groups in total. The van der Waals surface area contributed by atoms with Gasteiger partial charge in [0, 0.05) is 18.6 Å². The number of rotatable bonds is 3. The Kier molecular flexibility index (Phi) is 3.81. The smallest absolute Gasteiger partial charge is 0.354 e. The Labute approximate surface area is 107 Å². The van der Waals surface area contributed by atoms with Crippen molar-refractivity contribution in [1.29, 1.82) is 0 Å². The molecule has 2 heterocycles. The van der Waals surface area contributed by atoms with Crippen LogP contribution in [0.1, 0.15) is 30.3 Å². The van der Waals surface area contributed by atoms with Gasteiger partial charge in [0.1, 0.15) is 5.69 Å². The van der Waals surface area contributed by atoms with Gasteiger partial charge in [0.05, 0.1) is 11.9 Å². The molecule has 98 valence electrons. The summed E-state index contributed by atoms with van der Waals surface area (Å²) >= 11 is 0. The van der Waals surface area contributed by atoms with Crippen LogP contribution in [-0.4, -0.2) is 46.6 Å². The van der Waals surface area contributed by atoms with Gasteiger partial charge in [-0.15, -0.1) is 0 Å². The van der Waals surface area contributed by atoms with E-state index in [1.807, 2.05) is 0 Å². The highest BCUT2D eigenvalue weighted by atomic mass is 16.4. The molecule has 1 aliphatic rings. The minimum Gasteiger partial charge on any atom is -0.477 e. The fourth-order valence-electron chi connectivity index (χ4n) is 2.26. The molecule has 0 aromatic carbocycles. The summed E-state index contributed by atoms with van der Waals surface area (Å²) in [7, 11) is 2.14. The normalized spacial score (nSPS) is 24.8. The Morgan fingerprint density at radius 3 is 2.89 bits per heavy atom. The molecule has 0 aliphatic carbocycles. The van der Waals surface area contributed by atoms with Gasteiger partial charge in [-0.2, -0.15) is 0 Å². The lowest BCUT2D eigenvalue weighted by molar-refractivity contribution is 0.0690. The van der Waals surface area contributed by atoms with Crippen molar-refractivity contribution in [3.05, 3.63) is 24.0 Å². The van der Waals surface area contributed by atoms with Crippen LogP contribution < -0.4 is 5.32 Å². The molecule has 1 saturated heterocycles. The van der Waals surface area contributed by atoms with Crippen molar-refractivity contribution in [2.75, 3.05) is 18.9 Å². The van der Waals surface area contributed by atoms with Crippen LogP contribution in [0.5, 0.6) is 0 Å². The maximum Gasteiger partial charge on any atom is 0.354 e. The van der Waals surface area contributed by atoms with Crippen molar-refractivity contribution in [1.82, 2.24) is 9.88 Å². The van der Waals surface area contributed by atoms with Crippen molar-refractivity contribution in [3.8, 4) is 0 Å². The van der Waals surface area contributed by atoms with Crippen molar-refractivity contribution in [2.45, 2.75) is 31.8 Å². The van der Waals surface area contributed by atoms with Crippen LogP contribution in [0.15, 0.2) is 18.3 Å². The average Bonchev–Trinajstić information content (AvgIpc) is 2.34. The summed E-state index contributed by atoms with van der Waals surface area (Å²) in [5, 5.41) is 12.2. The molecule has 1 aromatic rings. The fourth-order valence-corrected chi connectivity index (χ4v) is 2.26. The highest BCUT2D eigenvalue weighted by molar-refractivity contribution is 5.85. The zero-order chi connectivity index (χ0) is 13.1. The summed E-state index contributed by atoms with van der Waals surface area (Å²) < 4.78 is 0. The van der Waals surface area contributed by atoms with E-state index in [1.54, 1.807) is 12.3 Å². The van der Waals surface area contributed by atoms with Gasteiger partial charge in [-0.3, -0.25) is 0 Å². The van der Waals surface area contributed by atoms with Crippen LogP contribution in [0.25, 0.3) is 0 Å². The molecular weight excluding hydrogens is 230 g/mol. The van der Waals surface area contributed by atoms with Crippen molar-refractivity contribution in [2.24, 2.45) is 0 Å². The number of hydrogen-bond donors (Lipinski definition) is 2. The van der Waals surface area contributed by atoms with Crippen LogP contribution in [0.3, 0.4) is 0 Å². The number of nitrogens with zero attached hydrogens (tertiary/aromatic N) is 2. The Bertz CT molecular complexity index is 419. The van der Waals surface area contributed by atoms with Crippen molar-refractivity contribution in [3.63, 3.8) is 0 Å². The van der Waals surface area contributed by atoms with E-state index < -0.39 is 5.97 Å². The van der Waals surface area contributed by atoms with Gasteiger partial charge in [0.15, 0.2) is 0 Å². The minimum absolute atomic E-state index is 0.0808. The van der Waals surface area contributed by atoms with Crippen LogP contribution in [0.4, 0.5) is 5.69 Å². The molecular formula is C13H19N3O2. The molecule has 1 fully saturated rings. The van der Waals surface area contributed by atoms with Crippen LogP contribution in [0, 0.1) is 0 Å². The third-order valence-electron chi connectivity index (χ3n) is 3.56. The number of hydrogen-bond acceptors (Lipinski definition) is 4. The minimum atomic E-state index is -0.991. The molecule has 18 heavy (non-hydrogen) atoms. The highest BCUT2D eigenvalue weighted by Gasteiger charge is 2.22. The van der Waals surface area contributed by atoms with E-state index in [1.165, 1.54) is 6.07 Å². The van der Waals surface area contributed by atoms with Gasteiger partial charge in [-0.25, -0.2) is 9.78 Å². The average molecular weight is 249 g/mol. The second-order valence-electron chi connectivity index (χ2n) is 4.93. The number of carboxylic acids is 1. The van der Waals surface area contributed by atoms with Gasteiger partial charge in [-0.05, 0) is 38.9 Å². The zero-order valence-corrected chi connectivity index (χ0v) is 10.8. The summed E-state index contributed by atoms with van der Waals surface area (Å²) in [6.07, 6.45) is 3.78. The second-order valence-corrected chi connectivity index (χ2v) is 4.93. The first-order chi connectivity index (χ1) is 8.56. The number of aromatic nitrogens is 1. The van der Waals surface area contributed by atoms with E-state index in [4.69, 9.17) is 5.11 Å². The zero-order valence-electron chi connectivity index (χ0n) is 10.8. The first kappa shape index (κ1) is 12.8. The number of anilines is 1. The predicted octanol–water partition coefficient (Wildman–Crippen LogP) is 1.67. The summed E-state index contributed by atoms with van der Waals surface area (Å²) in [6, 6.07) is 4.32. The Hall–Kier alpha value is -1.62. The molecule has 0 amide bonds. The van der Waals surface area contributed by atoms with Crippen LogP contribution in [-0.2, 0) is 0 Å². The molecule has 5 nitrogen and oxygen atoms in total. The fraction of sp³-hybridized carbons (Fsp3) is 0.538. The largest absolute Gasteiger partial charge is 0.477 e. The van der Waals surface area contributed by atoms with Crippen molar-refractivity contribution < 1.29 is 9.90 Å². The molecule has 0 spiro atoms. The van der Waals surface area contributed by atoms with E-state index in [-0.39, 0.29) is 5.69 Å². The Morgan fingerprint density at radius 1 is 1.56 bits per heavy atom. The molecule has 1 aliphatic heterocycles. The number of aromatic carboxylic acids is 1. The number of carbonyl (C=O) groups is 1. The van der Waals surface area contributed by atoms with E-state index in [9.17, 15) is 4.79 Å². The topological polar surface area (TPSA) is 65.5 Å². The van der Waals surface area contributed by atoms with Crippen molar-refractivity contribution >= 4 is 11.7 Å². The molecule has 2 unspecified atom stereocenters. The monoisotopic (exact) mass is 249 g/mol. The maximum atomic E-state index is 10.7. The lowest BCUT2D eigenvalue weighted by atomic mass is 9.99.